The summed E-state index contributed by atoms with van der Waals surface area (Å²) < 4.78 is 5.65. The smallest absolute Gasteiger partial charge is 0.230 e. The van der Waals surface area contributed by atoms with Crippen molar-refractivity contribution < 1.29 is 9.94 Å². The monoisotopic (exact) mass is 258 g/mol. The summed E-state index contributed by atoms with van der Waals surface area (Å²) in [7, 11) is 0. The zero-order valence-corrected chi connectivity index (χ0v) is 10.7. The molecule has 6 nitrogen and oxygen atoms in total. The number of hydrogen-bond acceptors (Lipinski definition) is 5. The van der Waals surface area contributed by atoms with Crippen LogP contribution in [0.4, 0.5) is 0 Å². The predicted molar refractivity (Wildman–Crippen MR) is 70.5 cm³/mol. The Labute approximate surface area is 110 Å². The highest BCUT2D eigenvalue weighted by atomic mass is 16.5. The average Bonchev–Trinajstić information content (AvgIpc) is 2.38. The molecule has 0 unspecified atom stereocenters. The molecule has 0 amide bonds. The van der Waals surface area contributed by atoms with Gasteiger partial charge in [-0.2, -0.15) is 0 Å². The van der Waals surface area contributed by atoms with E-state index in [-0.39, 0.29) is 5.84 Å². The topological polar surface area (TPSA) is 93.6 Å². The molecule has 19 heavy (non-hydrogen) atoms. The molecule has 0 aliphatic heterocycles. The standard InChI is InChI=1S/C13H14N4O2/c1-8-6-9(2)16-13(11(8)12(14)17-18)19-10-4-3-5-15-7-10/h3-7,18H,1-2H3,(H2,14,17). The van der Waals surface area contributed by atoms with Crippen LogP contribution >= 0.6 is 0 Å². The molecule has 0 saturated heterocycles. The third-order valence-electron chi connectivity index (χ3n) is 2.52. The maximum atomic E-state index is 8.84. The quantitative estimate of drug-likeness (QED) is 0.380. The molecule has 0 saturated carbocycles. The van der Waals surface area contributed by atoms with Crippen LogP contribution in [-0.2, 0) is 0 Å². The van der Waals surface area contributed by atoms with Crippen LogP contribution in [0.5, 0.6) is 11.6 Å². The van der Waals surface area contributed by atoms with Crippen molar-refractivity contribution >= 4 is 5.84 Å². The summed E-state index contributed by atoms with van der Waals surface area (Å²) in [4.78, 5) is 8.23. The Morgan fingerprint density at radius 2 is 2.21 bits per heavy atom. The van der Waals surface area contributed by atoms with Crippen LogP contribution in [0.15, 0.2) is 35.7 Å². The van der Waals surface area contributed by atoms with Gasteiger partial charge in [0.1, 0.15) is 5.75 Å². The zero-order valence-electron chi connectivity index (χ0n) is 10.7. The van der Waals surface area contributed by atoms with Crippen LogP contribution in [0, 0.1) is 13.8 Å². The van der Waals surface area contributed by atoms with Gasteiger partial charge in [-0.1, -0.05) is 5.16 Å². The number of aromatic nitrogens is 2. The minimum absolute atomic E-state index is 0.0381. The maximum absolute atomic E-state index is 8.84. The number of nitrogens with two attached hydrogens (primary N) is 1. The fraction of sp³-hybridized carbons (Fsp3) is 0.154. The van der Waals surface area contributed by atoms with E-state index >= 15 is 0 Å². The molecule has 0 radical (unpaired) electrons. The molecule has 0 fully saturated rings. The van der Waals surface area contributed by atoms with Crippen molar-refractivity contribution in [3.8, 4) is 11.6 Å². The lowest BCUT2D eigenvalue weighted by atomic mass is 10.1. The lowest BCUT2D eigenvalue weighted by Gasteiger charge is -2.12. The van der Waals surface area contributed by atoms with Crippen LogP contribution in [0.2, 0.25) is 0 Å². The normalized spacial score (nSPS) is 11.4. The van der Waals surface area contributed by atoms with E-state index in [4.69, 9.17) is 15.7 Å². The van der Waals surface area contributed by atoms with Crippen molar-refractivity contribution in [3.63, 3.8) is 0 Å². The second kappa shape index (κ2) is 5.34. The second-order valence-corrected chi connectivity index (χ2v) is 4.04. The fourth-order valence-corrected chi connectivity index (χ4v) is 1.76. The van der Waals surface area contributed by atoms with Crippen molar-refractivity contribution in [2.75, 3.05) is 0 Å². The zero-order chi connectivity index (χ0) is 13.8. The van der Waals surface area contributed by atoms with Crippen molar-refractivity contribution in [3.05, 3.63) is 47.4 Å². The predicted octanol–water partition coefficient (Wildman–Crippen LogP) is 1.98. The van der Waals surface area contributed by atoms with E-state index in [0.717, 1.165) is 11.3 Å². The number of rotatable bonds is 3. The molecule has 2 aromatic heterocycles. The van der Waals surface area contributed by atoms with Gasteiger partial charge in [-0.15, -0.1) is 0 Å². The average molecular weight is 258 g/mol. The molecular formula is C13H14N4O2. The first-order chi connectivity index (χ1) is 9.11. The Hall–Kier alpha value is -2.63. The molecule has 2 aromatic rings. The van der Waals surface area contributed by atoms with E-state index in [2.05, 4.69) is 15.1 Å². The van der Waals surface area contributed by atoms with E-state index in [1.54, 1.807) is 24.5 Å². The number of ether oxygens (including phenoxy) is 1. The first-order valence-electron chi connectivity index (χ1n) is 5.66. The third-order valence-corrected chi connectivity index (χ3v) is 2.52. The number of aryl methyl sites for hydroxylation is 2. The van der Waals surface area contributed by atoms with Crippen molar-refractivity contribution in [2.24, 2.45) is 10.9 Å². The molecule has 6 heteroatoms. The Morgan fingerprint density at radius 1 is 1.42 bits per heavy atom. The molecule has 0 spiro atoms. The largest absolute Gasteiger partial charge is 0.437 e. The first-order valence-corrected chi connectivity index (χ1v) is 5.66. The molecule has 2 rings (SSSR count). The lowest BCUT2D eigenvalue weighted by molar-refractivity contribution is 0.318. The summed E-state index contributed by atoms with van der Waals surface area (Å²) in [6.07, 6.45) is 3.21. The summed E-state index contributed by atoms with van der Waals surface area (Å²) in [5.41, 5.74) is 7.74. The molecule has 2 heterocycles. The van der Waals surface area contributed by atoms with Gasteiger partial charge in [-0.25, -0.2) is 4.98 Å². The summed E-state index contributed by atoms with van der Waals surface area (Å²) in [6, 6.07) is 5.34. The number of amidine groups is 1. The molecule has 0 aromatic carbocycles. The van der Waals surface area contributed by atoms with Gasteiger partial charge < -0.3 is 15.7 Å². The van der Waals surface area contributed by atoms with Gasteiger partial charge in [0.2, 0.25) is 5.88 Å². The fourth-order valence-electron chi connectivity index (χ4n) is 1.76. The van der Waals surface area contributed by atoms with Crippen LogP contribution in [0.3, 0.4) is 0 Å². The van der Waals surface area contributed by atoms with E-state index in [1.807, 2.05) is 19.9 Å². The van der Waals surface area contributed by atoms with E-state index in [9.17, 15) is 0 Å². The van der Waals surface area contributed by atoms with Gasteiger partial charge in [0.05, 0.1) is 11.8 Å². The SMILES string of the molecule is Cc1cc(C)c(/C(N)=N/O)c(Oc2cccnc2)n1. The van der Waals surface area contributed by atoms with Crippen molar-refractivity contribution in [1.29, 1.82) is 0 Å². The van der Waals surface area contributed by atoms with Gasteiger partial charge in [0.25, 0.3) is 0 Å². The molecule has 0 aliphatic carbocycles. The van der Waals surface area contributed by atoms with E-state index in [0.29, 0.717) is 17.2 Å². The van der Waals surface area contributed by atoms with Crippen molar-refractivity contribution in [1.82, 2.24) is 9.97 Å². The Bertz CT molecular complexity index is 612. The summed E-state index contributed by atoms with van der Waals surface area (Å²) in [5.74, 6) is 0.789. The molecule has 98 valence electrons. The number of pyridine rings is 2. The van der Waals surface area contributed by atoms with Gasteiger partial charge in [0, 0.05) is 11.9 Å². The van der Waals surface area contributed by atoms with E-state index < -0.39 is 0 Å². The number of oxime groups is 1. The highest BCUT2D eigenvalue weighted by Gasteiger charge is 2.15. The van der Waals surface area contributed by atoms with Crippen LogP contribution < -0.4 is 10.5 Å². The van der Waals surface area contributed by atoms with Gasteiger partial charge in [-0.3, -0.25) is 4.98 Å². The van der Waals surface area contributed by atoms with Crippen molar-refractivity contribution in [2.45, 2.75) is 13.8 Å². The molecule has 0 aliphatic rings. The Balaban J connectivity index is 2.49. The summed E-state index contributed by atoms with van der Waals surface area (Å²) >= 11 is 0. The van der Waals surface area contributed by atoms with Gasteiger partial charge in [0.15, 0.2) is 5.84 Å². The maximum Gasteiger partial charge on any atom is 0.230 e. The first kappa shape index (κ1) is 12.8. The van der Waals surface area contributed by atoms with Crippen LogP contribution in [-0.4, -0.2) is 21.0 Å². The number of nitrogens with zero attached hydrogens (tertiary/aromatic N) is 3. The van der Waals surface area contributed by atoms with Gasteiger partial charge in [-0.05, 0) is 37.6 Å². The molecule has 0 atom stereocenters. The van der Waals surface area contributed by atoms with Gasteiger partial charge >= 0.3 is 0 Å². The third kappa shape index (κ3) is 2.79. The molecule has 3 N–H and O–H groups in total. The lowest BCUT2D eigenvalue weighted by Crippen LogP contribution is -2.17. The molecule has 0 bridgehead atoms. The highest BCUT2D eigenvalue weighted by molar-refractivity contribution is 6.00. The minimum atomic E-state index is -0.0381. The Morgan fingerprint density at radius 3 is 2.84 bits per heavy atom. The van der Waals surface area contributed by atoms with Crippen LogP contribution in [0.1, 0.15) is 16.8 Å². The summed E-state index contributed by atoms with van der Waals surface area (Å²) in [6.45, 7) is 3.69. The minimum Gasteiger partial charge on any atom is -0.437 e. The van der Waals surface area contributed by atoms with Crippen LogP contribution in [0.25, 0.3) is 0 Å². The van der Waals surface area contributed by atoms with E-state index in [1.165, 1.54) is 0 Å². The summed E-state index contributed by atoms with van der Waals surface area (Å²) in [5, 5.41) is 11.9. The Kier molecular flexibility index (Phi) is 3.61. The number of hydrogen-bond donors (Lipinski definition) is 2. The highest BCUT2D eigenvalue weighted by Crippen LogP contribution is 2.25. The second-order valence-electron chi connectivity index (χ2n) is 4.04. The molecular weight excluding hydrogens is 244 g/mol.